The van der Waals surface area contributed by atoms with Crippen molar-refractivity contribution in [3.8, 4) is 0 Å². The molecule has 0 radical (unpaired) electrons. The van der Waals surface area contributed by atoms with E-state index in [1.165, 1.54) is 12.1 Å². The number of hydrogen-bond donors (Lipinski definition) is 2. The fourth-order valence-electron chi connectivity index (χ4n) is 4.04. The van der Waals surface area contributed by atoms with Gasteiger partial charge in [0.25, 0.3) is 0 Å². The van der Waals surface area contributed by atoms with Crippen LogP contribution >= 0.6 is 24.8 Å². The predicted molar refractivity (Wildman–Crippen MR) is 114 cm³/mol. The molecule has 2 heterocycles. The molecule has 1 aromatic carbocycles. The van der Waals surface area contributed by atoms with Gasteiger partial charge < -0.3 is 15.4 Å². The summed E-state index contributed by atoms with van der Waals surface area (Å²) in [6, 6.07) is 6.94. The second-order valence-corrected chi connectivity index (χ2v) is 7.61. The zero-order chi connectivity index (χ0) is 18.4. The fraction of sp³-hybridized carbons (Fsp3) is 0.650. The van der Waals surface area contributed by atoms with E-state index in [0.29, 0.717) is 6.61 Å². The van der Waals surface area contributed by atoms with Gasteiger partial charge in [0.05, 0.1) is 12.0 Å². The second-order valence-electron chi connectivity index (χ2n) is 7.61. The van der Waals surface area contributed by atoms with E-state index in [-0.39, 0.29) is 48.0 Å². The molecule has 0 aromatic heterocycles. The number of ether oxygens (including phenoxy) is 1. The molecule has 1 aromatic rings. The number of nitrogens with one attached hydrogen (secondary N) is 2. The molecule has 0 aliphatic carbocycles. The van der Waals surface area contributed by atoms with Crippen molar-refractivity contribution in [2.75, 3.05) is 39.9 Å². The molecular weight excluding hydrogens is 404 g/mol. The Hall–Kier alpha value is -0.920. The molecule has 160 valence electrons. The normalized spacial score (nSPS) is 19.9. The maximum absolute atomic E-state index is 13.0. The number of likely N-dealkylation sites (tertiary alicyclic amines) is 1. The number of carbonyl (C=O) groups excluding carboxylic acids is 1. The summed E-state index contributed by atoms with van der Waals surface area (Å²) in [4.78, 5) is 15.3. The first kappa shape index (κ1) is 25.1. The molecule has 5 nitrogen and oxygen atoms in total. The highest BCUT2D eigenvalue weighted by atomic mass is 35.5. The average Bonchev–Trinajstić information content (AvgIpc) is 2.66. The zero-order valence-electron chi connectivity index (χ0n) is 16.4. The van der Waals surface area contributed by atoms with Gasteiger partial charge in [-0.1, -0.05) is 12.1 Å². The fourth-order valence-corrected chi connectivity index (χ4v) is 4.04. The van der Waals surface area contributed by atoms with Crippen molar-refractivity contribution >= 4 is 30.7 Å². The van der Waals surface area contributed by atoms with E-state index >= 15 is 0 Å². The Morgan fingerprint density at radius 2 is 1.82 bits per heavy atom. The first-order valence-corrected chi connectivity index (χ1v) is 9.59. The van der Waals surface area contributed by atoms with Crippen molar-refractivity contribution in [3.63, 3.8) is 0 Å². The molecule has 2 aliphatic rings. The van der Waals surface area contributed by atoms with E-state index in [0.717, 1.165) is 64.0 Å². The number of hydrogen-bond acceptors (Lipinski definition) is 4. The second kappa shape index (κ2) is 11.9. The minimum atomic E-state index is -0.384. The first-order chi connectivity index (χ1) is 12.6. The van der Waals surface area contributed by atoms with E-state index < -0.39 is 0 Å². The highest BCUT2D eigenvalue weighted by Crippen LogP contribution is 2.30. The van der Waals surface area contributed by atoms with Gasteiger partial charge in [-0.05, 0) is 56.5 Å². The summed E-state index contributed by atoms with van der Waals surface area (Å²) in [7, 11) is 1.67. The third kappa shape index (κ3) is 6.56. The average molecular weight is 436 g/mol. The summed E-state index contributed by atoms with van der Waals surface area (Å²) in [5, 5.41) is 6.61. The topological polar surface area (TPSA) is 53.6 Å². The Kier molecular flexibility index (Phi) is 10.7. The molecule has 8 heteroatoms. The number of nitrogens with zero attached hydrogens (tertiary/aromatic N) is 1. The van der Waals surface area contributed by atoms with Gasteiger partial charge in [0.15, 0.2) is 0 Å². The van der Waals surface area contributed by atoms with Gasteiger partial charge in [0.1, 0.15) is 5.82 Å². The lowest BCUT2D eigenvalue weighted by molar-refractivity contribution is -0.137. The number of methoxy groups -OCH3 is 1. The molecule has 0 bridgehead atoms. The van der Waals surface area contributed by atoms with Crippen LogP contribution in [0.3, 0.4) is 0 Å². The van der Waals surface area contributed by atoms with Gasteiger partial charge >= 0.3 is 0 Å². The number of amides is 1. The van der Waals surface area contributed by atoms with Crippen molar-refractivity contribution in [1.82, 2.24) is 15.5 Å². The largest absolute Gasteiger partial charge is 0.384 e. The molecule has 3 rings (SSSR count). The predicted octanol–water partition coefficient (Wildman–Crippen LogP) is 2.77. The van der Waals surface area contributed by atoms with Crippen molar-refractivity contribution in [2.24, 2.45) is 5.41 Å². The Balaban J connectivity index is 0.00000196. The molecule has 28 heavy (non-hydrogen) atoms. The molecule has 2 aliphatic heterocycles. The minimum absolute atomic E-state index is 0. The van der Waals surface area contributed by atoms with Crippen LogP contribution in [0.5, 0.6) is 0 Å². The Labute approximate surface area is 179 Å². The number of rotatable bonds is 6. The van der Waals surface area contributed by atoms with E-state index in [1.54, 1.807) is 7.11 Å². The SMILES string of the molecule is COCC1(C(=O)NC2CCN(Cc3ccc(F)cc3)CC2)CCNCC1.Cl.Cl. The third-order valence-corrected chi connectivity index (χ3v) is 5.71. The van der Waals surface area contributed by atoms with Crippen molar-refractivity contribution < 1.29 is 13.9 Å². The van der Waals surface area contributed by atoms with Crippen LogP contribution in [0, 0.1) is 11.2 Å². The molecule has 0 unspecified atom stereocenters. The smallest absolute Gasteiger partial charge is 0.228 e. The molecular formula is C20H32Cl2FN3O2. The maximum Gasteiger partial charge on any atom is 0.228 e. The summed E-state index contributed by atoms with van der Waals surface area (Å²) in [6.07, 6.45) is 3.56. The number of carbonyl (C=O) groups is 1. The van der Waals surface area contributed by atoms with E-state index in [2.05, 4.69) is 15.5 Å². The summed E-state index contributed by atoms with van der Waals surface area (Å²) in [6.45, 7) is 4.95. The van der Waals surface area contributed by atoms with E-state index in [4.69, 9.17) is 4.74 Å². The van der Waals surface area contributed by atoms with Gasteiger partial charge in [-0.25, -0.2) is 4.39 Å². The van der Waals surface area contributed by atoms with Crippen LogP contribution in [0.15, 0.2) is 24.3 Å². The lowest BCUT2D eigenvalue weighted by Gasteiger charge is -2.38. The molecule has 1 amide bonds. The van der Waals surface area contributed by atoms with E-state index in [9.17, 15) is 9.18 Å². The molecule has 2 fully saturated rings. The lowest BCUT2D eigenvalue weighted by Crippen LogP contribution is -2.54. The Morgan fingerprint density at radius 1 is 1.21 bits per heavy atom. The van der Waals surface area contributed by atoms with Crippen LogP contribution in [0.1, 0.15) is 31.2 Å². The van der Waals surface area contributed by atoms with Gasteiger partial charge in [0, 0.05) is 32.8 Å². The van der Waals surface area contributed by atoms with Crippen LogP contribution in [-0.2, 0) is 16.1 Å². The minimum Gasteiger partial charge on any atom is -0.384 e. The lowest BCUT2D eigenvalue weighted by atomic mass is 9.78. The number of halogens is 3. The van der Waals surface area contributed by atoms with Crippen molar-refractivity contribution in [3.05, 3.63) is 35.6 Å². The van der Waals surface area contributed by atoms with Crippen molar-refractivity contribution in [2.45, 2.75) is 38.3 Å². The molecule has 0 atom stereocenters. The summed E-state index contributed by atoms with van der Waals surface area (Å²) >= 11 is 0. The first-order valence-electron chi connectivity index (χ1n) is 9.59. The highest BCUT2D eigenvalue weighted by Gasteiger charge is 2.40. The Bertz CT molecular complexity index is 584. The van der Waals surface area contributed by atoms with Gasteiger partial charge in [-0.2, -0.15) is 0 Å². The van der Waals surface area contributed by atoms with Crippen LogP contribution in [0.4, 0.5) is 4.39 Å². The number of piperidine rings is 2. The highest BCUT2D eigenvalue weighted by molar-refractivity contribution is 5.85. The summed E-state index contributed by atoms with van der Waals surface area (Å²) in [5.41, 5.74) is 0.744. The van der Waals surface area contributed by atoms with Crippen molar-refractivity contribution in [1.29, 1.82) is 0 Å². The standard InChI is InChI=1S/C20H30FN3O2.2ClH/c1-26-15-20(8-10-22-11-9-20)19(25)23-18-6-12-24(13-7-18)14-16-2-4-17(21)5-3-16;;/h2-5,18,22H,6-15H2,1H3,(H,23,25);2*1H. The Morgan fingerprint density at radius 3 is 2.39 bits per heavy atom. The summed E-state index contributed by atoms with van der Waals surface area (Å²) < 4.78 is 18.4. The molecule has 0 saturated carbocycles. The van der Waals surface area contributed by atoms with E-state index in [1.807, 2.05) is 12.1 Å². The summed E-state index contributed by atoms with van der Waals surface area (Å²) in [5.74, 6) is -0.0455. The molecule has 2 N–H and O–H groups in total. The van der Waals surface area contributed by atoms with Gasteiger partial charge in [0.2, 0.25) is 5.91 Å². The van der Waals surface area contributed by atoms with Crippen LogP contribution < -0.4 is 10.6 Å². The zero-order valence-corrected chi connectivity index (χ0v) is 18.0. The van der Waals surface area contributed by atoms with Gasteiger partial charge in [-0.15, -0.1) is 24.8 Å². The van der Waals surface area contributed by atoms with Crippen LogP contribution in [0.25, 0.3) is 0 Å². The monoisotopic (exact) mass is 435 g/mol. The molecule has 2 saturated heterocycles. The quantitative estimate of drug-likeness (QED) is 0.720. The maximum atomic E-state index is 13.0. The third-order valence-electron chi connectivity index (χ3n) is 5.71. The van der Waals surface area contributed by atoms with Gasteiger partial charge in [-0.3, -0.25) is 9.69 Å². The van der Waals surface area contributed by atoms with Crippen LogP contribution in [0.2, 0.25) is 0 Å². The molecule has 0 spiro atoms. The van der Waals surface area contributed by atoms with Crippen LogP contribution in [-0.4, -0.2) is 56.7 Å². The number of benzene rings is 1.